The minimum Gasteiger partial charge on any atom is -0.302 e. The fraction of sp³-hybridized carbons (Fsp3) is 0.500. The summed E-state index contributed by atoms with van der Waals surface area (Å²) in [4.78, 5) is 30.1. The monoisotopic (exact) mass is 329 g/mol. The third kappa shape index (κ3) is 3.82. The number of fused-ring (bicyclic) bond motifs is 1. The van der Waals surface area contributed by atoms with Gasteiger partial charge in [0.15, 0.2) is 0 Å². The van der Waals surface area contributed by atoms with Crippen molar-refractivity contribution in [1.82, 2.24) is 10.4 Å². The fourth-order valence-electron chi connectivity index (χ4n) is 3.56. The molecule has 1 saturated carbocycles. The van der Waals surface area contributed by atoms with Gasteiger partial charge in [0.2, 0.25) is 5.91 Å². The number of hydrogen-bond donors (Lipinski definition) is 2. The zero-order valence-corrected chi connectivity index (χ0v) is 13.6. The summed E-state index contributed by atoms with van der Waals surface area (Å²) in [6, 6.07) is -0.163. The number of allylic oxidation sites excluding steroid dienone is 3. The van der Waals surface area contributed by atoms with Gasteiger partial charge in [0.1, 0.15) is 0 Å². The Morgan fingerprint density at radius 2 is 2.17 bits per heavy atom. The van der Waals surface area contributed by atoms with Crippen LogP contribution in [0.3, 0.4) is 0 Å². The number of carbonyl (C=O) groups is 2. The molecule has 0 aromatic heterocycles. The van der Waals surface area contributed by atoms with Crippen LogP contribution in [0.15, 0.2) is 40.9 Å². The molecule has 3 aliphatic rings. The molecule has 0 radical (unpaired) electrons. The Hall–Kier alpha value is -2.21. The molecule has 2 N–H and O–H groups in total. The Bertz CT molecular complexity index is 615. The second kappa shape index (κ2) is 7.57. The molecule has 3 rings (SSSR count). The van der Waals surface area contributed by atoms with Gasteiger partial charge in [-0.15, -0.1) is 0 Å². The molecule has 1 heterocycles. The van der Waals surface area contributed by atoms with E-state index in [1.165, 1.54) is 38.2 Å². The second-order valence-electron chi connectivity index (χ2n) is 6.61. The zero-order valence-electron chi connectivity index (χ0n) is 13.6. The summed E-state index contributed by atoms with van der Waals surface area (Å²) in [7, 11) is 0. The van der Waals surface area contributed by atoms with Crippen molar-refractivity contribution < 1.29 is 14.8 Å². The van der Waals surface area contributed by atoms with Crippen molar-refractivity contribution in [3.05, 3.63) is 36.0 Å². The van der Waals surface area contributed by atoms with Gasteiger partial charge in [0.25, 0.3) is 5.91 Å². The predicted octanol–water partition coefficient (Wildman–Crippen LogP) is 1.98. The number of nitrogens with zero attached hydrogens (tertiary/aromatic N) is 2. The molecule has 0 bridgehead atoms. The molecule has 0 spiro atoms. The van der Waals surface area contributed by atoms with Crippen molar-refractivity contribution in [2.75, 3.05) is 6.54 Å². The Morgan fingerprint density at radius 3 is 2.92 bits per heavy atom. The number of hydrogen-bond acceptors (Lipinski definition) is 4. The van der Waals surface area contributed by atoms with E-state index >= 15 is 0 Å². The van der Waals surface area contributed by atoms with E-state index in [1.807, 2.05) is 18.2 Å². The van der Waals surface area contributed by atoms with Crippen LogP contribution in [-0.4, -0.2) is 40.8 Å². The number of aliphatic imine (C=N–C) groups is 1. The van der Waals surface area contributed by atoms with Crippen molar-refractivity contribution in [3.63, 3.8) is 0 Å². The molecule has 6 nitrogen and oxygen atoms in total. The maximum absolute atomic E-state index is 12.8. The van der Waals surface area contributed by atoms with Crippen LogP contribution in [0.25, 0.3) is 0 Å². The average molecular weight is 329 g/mol. The average Bonchev–Trinajstić information content (AvgIpc) is 2.63. The van der Waals surface area contributed by atoms with Gasteiger partial charge in [0, 0.05) is 12.6 Å². The number of nitrogens with one attached hydrogen (secondary N) is 1. The minimum atomic E-state index is -0.599. The van der Waals surface area contributed by atoms with Gasteiger partial charge in [-0.2, -0.15) is 0 Å². The van der Waals surface area contributed by atoms with Crippen molar-refractivity contribution >= 4 is 18.2 Å². The van der Waals surface area contributed by atoms with Crippen LogP contribution in [0.4, 0.5) is 0 Å². The van der Waals surface area contributed by atoms with E-state index in [1.54, 1.807) is 22.8 Å². The highest BCUT2D eigenvalue weighted by atomic mass is 16.5. The van der Waals surface area contributed by atoms with E-state index in [2.05, 4.69) is 4.99 Å². The molecule has 0 aromatic rings. The lowest BCUT2D eigenvalue weighted by Gasteiger charge is -2.34. The minimum absolute atomic E-state index is 0.0717. The summed E-state index contributed by atoms with van der Waals surface area (Å²) in [5.41, 5.74) is 2.31. The molecule has 2 aliphatic carbocycles. The molecule has 2 atom stereocenters. The highest BCUT2D eigenvalue weighted by molar-refractivity contribution is 5.94. The van der Waals surface area contributed by atoms with Crippen molar-refractivity contribution in [2.45, 2.75) is 38.1 Å². The number of amides is 2. The maximum atomic E-state index is 12.8. The van der Waals surface area contributed by atoms with Crippen LogP contribution >= 0.6 is 0 Å². The molecule has 1 fully saturated rings. The number of carbonyl (C=O) groups excluding carboxylic acids is 2. The van der Waals surface area contributed by atoms with Crippen LogP contribution < -0.4 is 5.48 Å². The highest BCUT2D eigenvalue weighted by Crippen LogP contribution is 2.28. The molecule has 1 aliphatic heterocycles. The summed E-state index contributed by atoms with van der Waals surface area (Å²) in [6.45, 7) is 0.751. The Kier molecular flexibility index (Phi) is 5.25. The van der Waals surface area contributed by atoms with Gasteiger partial charge in [-0.3, -0.25) is 19.8 Å². The topological polar surface area (TPSA) is 82.0 Å². The van der Waals surface area contributed by atoms with Gasteiger partial charge in [0.05, 0.1) is 18.3 Å². The van der Waals surface area contributed by atoms with E-state index in [-0.39, 0.29) is 17.9 Å². The third-order valence-electron chi connectivity index (χ3n) is 4.89. The van der Waals surface area contributed by atoms with Gasteiger partial charge in [-0.1, -0.05) is 37.5 Å². The van der Waals surface area contributed by atoms with Crippen molar-refractivity contribution in [3.8, 4) is 0 Å². The van der Waals surface area contributed by atoms with Crippen molar-refractivity contribution in [1.29, 1.82) is 0 Å². The van der Waals surface area contributed by atoms with Crippen LogP contribution in [-0.2, 0) is 9.59 Å². The highest BCUT2D eigenvalue weighted by Gasteiger charge is 2.34. The Balaban J connectivity index is 1.68. The summed E-state index contributed by atoms with van der Waals surface area (Å²) in [5.74, 6) is -0.275. The van der Waals surface area contributed by atoms with E-state index in [0.717, 1.165) is 12.1 Å². The summed E-state index contributed by atoms with van der Waals surface area (Å²) < 4.78 is 0. The van der Waals surface area contributed by atoms with Crippen molar-refractivity contribution in [2.24, 2.45) is 16.8 Å². The van der Waals surface area contributed by atoms with Gasteiger partial charge in [-0.05, 0) is 30.4 Å². The normalized spacial score (nSPS) is 27.3. The van der Waals surface area contributed by atoms with Gasteiger partial charge >= 0.3 is 0 Å². The van der Waals surface area contributed by atoms with Gasteiger partial charge < -0.3 is 4.90 Å². The molecule has 0 saturated heterocycles. The van der Waals surface area contributed by atoms with Crippen LogP contribution in [0.1, 0.15) is 32.1 Å². The smallest absolute Gasteiger partial charge is 0.267 e. The standard InChI is InChI=1S/C18H23N3O3/c22-17(20-24)9-7-13-6-8-16-15(10-13)18(23)21(12-19-16)11-14-4-2-1-3-5-14/h6-10,12,14-16,24H,1-5,11H2,(H,20,22)/b9-7+. The first-order chi connectivity index (χ1) is 11.7. The molecule has 24 heavy (non-hydrogen) atoms. The van der Waals surface area contributed by atoms with E-state index < -0.39 is 5.91 Å². The second-order valence-corrected chi connectivity index (χ2v) is 6.61. The van der Waals surface area contributed by atoms with E-state index in [4.69, 9.17) is 5.21 Å². The summed E-state index contributed by atoms with van der Waals surface area (Å²) >= 11 is 0. The SMILES string of the molecule is O=C(/C=C/C1=CC2C(=O)N(CC3CCCCC3)C=NC2C=C1)NO. The lowest BCUT2D eigenvalue weighted by molar-refractivity contribution is -0.131. The van der Waals surface area contributed by atoms with Crippen LogP contribution in [0, 0.1) is 11.8 Å². The molecule has 6 heteroatoms. The zero-order chi connectivity index (χ0) is 16.9. The number of rotatable bonds is 4. The maximum Gasteiger partial charge on any atom is 0.267 e. The first kappa shape index (κ1) is 16.6. The third-order valence-corrected chi connectivity index (χ3v) is 4.89. The summed E-state index contributed by atoms with van der Waals surface area (Å²) in [6.07, 6.45) is 16.2. The largest absolute Gasteiger partial charge is 0.302 e. The van der Waals surface area contributed by atoms with Gasteiger partial charge in [-0.25, -0.2) is 5.48 Å². The quantitative estimate of drug-likeness (QED) is 0.470. The Labute approximate surface area is 141 Å². The molecule has 0 aromatic carbocycles. The summed E-state index contributed by atoms with van der Waals surface area (Å²) in [5, 5.41) is 8.52. The number of hydroxylamine groups is 1. The van der Waals surface area contributed by atoms with E-state index in [0.29, 0.717) is 5.92 Å². The fourth-order valence-corrected chi connectivity index (χ4v) is 3.56. The first-order valence-corrected chi connectivity index (χ1v) is 8.53. The lowest BCUT2D eigenvalue weighted by atomic mass is 9.87. The molecule has 128 valence electrons. The Morgan fingerprint density at radius 1 is 1.38 bits per heavy atom. The van der Waals surface area contributed by atoms with Crippen LogP contribution in [0.5, 0.6) is 0 Å². The molecule has 2 amide bonds. The molecular weight excluding hydrogens is 306 g/mol. The first-order valence-electron chi connectivity index (χ1n) is 8.53. The molecular formula is C18H23N3O3. The van der Waals surface area contributed by atoms with Crippen LogP contribution in [0.2, 0.25) is 0 Å². The van der Waals surface area contributed by atoms with E-state index in [9.17, 15) is 9.59 Å². The predicted molar refractivity (Wildman–Crippen MR) is 90.4 cm³/mol. The molecule has 2 unspecified atom stereocenters. The lowest BCUT2D eigenvalue weighted by Crippen LogP contribution is -2.45.